The van der Waals surface area contributed by atoms with Crippen molar-refractivity contribution >= 4 is 0 Å². The molecule has 2 heterocycles. The summed E-state index contributed by atoms with van der Waals surface area (Å²) >= 11 is 0. The van der Waals surface area contributed by atoms with Gasteiger partial charge in [-0.3, -0.25) is 0 Å². The Balaban J connectivity index is 1.83. The Morgan fingerprint density at radius 3 is 2.89 bits per heavy atom. The van der Waals surface area contributed by atoms with Gasteiger partial charge in [0, 0.05) is 36.3 Å². The Kier molecular flexibility index (Phi) is 3.54. The van der Waals surface area contributed by atoms with Gasteiger partial charge >= 0.3 is 0 Å². The number of hydrogen-bond acceptors (Lipinski definition) is 4. The second-order valence-corrected chi connectivity index (χ2v) is 6.24. The second kappa shape index (κ2) is 5.17. The molecule has 2 fully saturated rings. The molecule has 1 saturated heterocycles. The predicted octanol–water partition coefficient (Wildman–Crippen LogP) is 1.67. The Morgan fingerprint density at radius 2 is 2.26 bits per heavy atom. The van der Waals surface area contributed by atoms with Crippen LogP contribution >= 0.6 is 0 Å². The second-order valence-electron chi connectivity index (χ2n) is 6.24. The lowest BCUT2D eigenvalue weighted by atomic mass is 9.68. The minimum absolute atomic E-state index is 0.0799. The molecule has 0 amide bonds. The number of hydrogen-bond donors (Lipinski definition) is 1. The molecule has 1 aromatic heterocycles. The van der Waals surface area contributed by atoms with Crippen molar-refractivity contribution in [3.8, 4) is 0 Å². The molecular weight excluding hydrogens is 236 g/mol. The van der Waals surface area contributed by atoms with E-state index in [0.717, 1.165) is 25.2 Å². The van der Waals surface area contributed by atoms with E-state index in [0.29, 0.717) is 12.5 Å². The van der Waals surface area contributed by atoms with Crippen LogP contribution in [0.4, 0.5) is 0 Å². The smallest absolute Gasteiger partial charge is 0.135 e. The Hall–Kier alpha value is -1.00. The van der Waals surface area contributed by atoms with Crippen molar-refractivity contribution in [2.75, 3.05) is 26.7 Å². The molecule has 4 nitrogen and oxygen atoms in total. The maximum atomic E-state index is 5.96. The average Bonchev–Trinajstić information content (AvgIpc) is 2.39. The van der Waals surface area contributed by atoms with Crippen LogP contribution in [0, 0.1) is 0 Å². The highest BCUT2D eigenvalue weighted by molar-refractivity contribution is 5.18. The normalized spacial score (nSPS) is 26.9. The number of rotatable bonds is 3. The van der Waals surface area contributed by atoms with Crippen molar-refractivity contribution in [2.45, 2.75) is 43.4 Å². The highest BCUT2D eigenvalue weighted by Crippen LogP contribution is 2.41. The number of aromatic nitrogens is 2. The molecule has 19 heavy (non-hydrogen) atoms. The van der Waals surface area contributed by atoms with Crippen molar-refractivity contribution < 1.29 is 0 Å². The molecule has 0 radical (unpaired) electrons. The molecule has 0 aromatic carbocycles. The van der Waals surface area contributed by atoms with Gasteiger partial charge in [-0.25, -0.2) is 9.97 Å². The summed E-state index contributed by atoms with van der Waals surface area (Å²) in [6.45, 7) is 3.01. The average molecular weight is 260 g/mol. The number of likely N-dealkylation sites (tertiary alicyclic amines) is 1. The first-order valence-corrected chi connectivity index (χ1v) is 7.45. The van der Waals surface area contributed by atoms with Crippen LogP contribution in [0.5, 0.6) is 0 Å². The lowest BCUT2D eigenvalue weighted by molar-refractivity contribution is 0.231. The summed E-state index contributed by atoms with van der Waals surface area (Å²) in [6, 6.07) is 2.09. The van der Waals surface area contributed by atoms with Crippen LogP contribution in [0.15, 0.2) is 12.3 Å². The van der Waals surface area contributed by atoms with E-state index in [4.69, 9.17) is 10.7 Å². The molecule has 1 unspecified atom stereocenters. The summed E-state index contributed by atoms with van der Waals surface area (Å²) < 4.78 is 0. The van der Waals surface area contributed by atoms with Gasteiger partial charge in [-0.2, -0.15) is 0 Å². The summed E-state index contributed by atoms with van der Waals surface area (Å²) in [4.78, 5) is 11.8. The monoisotopic (exact) mass is 260 g/mol. The number of nitrogens with two attached hydrogens (primary N) is 1. The first kappa shape index (κ1) is 13.0. The van der Waals surface area contributed by atoms with Gasteiger partial charge in [-0.15, -0.1) is 0 Å². The van der Waals surface area contributed by atoms with Gasteiger partial charge in [0.15, 0.2) is 0 Å². The molecule has 4 heteroatoms. The topological polar surface area (TPSA) is 55.0 Å². The summed E-state index contributed by atoms with van der Waals surface area (Å²) in [5.41, 5.74) is 7.26. The SMILES string of the molecule is CN1CCCC(c2ccnc(C3(CN)CCC3)n2)C1. The Labute approximate surface area is 115 Å². The minimum atomic E-state index is 0.0799. The van der Waals surface area contributed by atoms with Gasteiger partial charge in [0.1, 0.15) is 5.82 Å². The van der Waals surface area contributed by atoms with Crippen molar-refractivity contribution in [2.24, 2.45) is 5.73 Å². The van der Waals surface area contributed by atoms with E-state index in [1.165, 1.54) is 31.5 Å². The summed E-state index contributed by atoms with van der Waals surface area (Å²) in [5, 5.41) is 0. The molecule has 1 aliphatic heterocycles. The standard InChI is InChI=1S/C15H24N4/c1-19-9-2-4-12(10-19)13-5-8-17-14(18-13)15(11-16)6-3-7-15/h5,8,12H,2-4,6-7,9-11,16H2,1H3. The molecule has 1 saturated carbocycles. The van der Waals surface area contributed by atoms with Crippen molar-refractivity contribution in [3.05, 3.63) is 23.8 Å². The van der Waals surface area contributed by atoms with Crippen LogP contribution in [0.2, 0.25) is 0 Å². The molecule has 2 aliphatic rings. The molecule has 2 N–H and O–H groups in total. The van der Waals surface area contributed by atoms with E-state index >= 15 is 0 Å². The van der Waals surface area contributed by atoms with E-state index in [2.05, 4.69) is 23.0 Å². The first-order chi connectivity index (χ1) is 9.23. The van der Waals surface area contributed by atoms with E-state index in [1.807, 2.05) is 6.20 Å². The molecule has 104 valence electrons. The number of nitrogens with zero attached hydrogens (tertiary/aromatic N) is 3. The fourth-order valence-corrected chi connectivity index (χ4v) is 3.39. The van der Waals surface area contributed by atoms with Crippen LogP contribution in [0.25, 0.3) is 0 Å². The van der Waals surface area contributed by atoms with Crippen LogP contribution < -0.4 is 5.73 Å². The van der Waals surface area contributed by atoms with Crippen molar-refractivity contribution in [1.82, 2.24) is 14.9 Å². The lowest BCUT2D eigenvalue weighted by Gasteiger charge is -2.39. The fraction of sp³-hybridized carbons (Fsp3) is 0.733. The van der Waals surface area contributed by atoms with Gasteiger partial charge in [0.2, 0.25) is 0 Å². The lowest BCUT2D eigenvalue weighted by Crippen LogP contribution is -2.43. The Bertz CT molecular complexity index is 436. The molecule has 0 spiro atoms. The molecule has 1 aliphatic carbocycles. The molecular formula is C15H24N4. The van der Waals surface area contributed by atoms with Crippen LogP contribution in [-0.4, -0.2) is 41.5 Å². The third-order valence-electron chi connectivity index (χ3n) is 4.90. The minimum Gasteiger partial charge on any atom is -0.329 e. The van der Waals surface area contributed by atoms with E-state index in [1.54, 1.807) is 0 Å². The van der Waals surface area contributed by atoms with Crippen LogP contribution in [0.1, 0.15) is 49.5 Å². The zero-order valence-electron chi connectivity index (χ0n) is 11.8. The van der Waals surface area contributed by atoms with Crippen molar-refractivity contribution in [1.29, 1.82) is 0 Å². The predicted molar refractivity (Wildman–Crippen MR) is 76.1 cm³/mol. The summed E-state index contributed by atoms with van der Waals surface area (Å²) in [7, 11) is 2.20. The van der Waals surface area contributed by atoms with Gasteiger partial charge in [-0.05, 0) is 45.3 Å². The molecule has 1 atom stereocenters. The van der Waals surface area contributed by atoms with Crippen molar-refractivity contribution in [3.63, 3.8) is 0 Å². The van der Waals surface area contributed by atoms with Crippen LogP contribution in [0.3, 0.4) is 0 Å². The third kappa shape index (κ3) is 2.39. The summed E-state index contributed by atoms with van der Waals surface area (Å²) in [6.07, 6.45) is 8.01. The van der Waals surface area contributed by atoms with Gasteiger partial charge < -0.3 is 10.6 Å². The largest absolute Gasteiger partial charge is 0.329 e. The van der Waals surface area contributed by atoms with Gasteiger partial charge in [-0.1, -0.05) is 6.42 Å². The highest BCUT2D eigenvalue weighted by atomic mass is 15.1. The quantitative estimate of drug-likeness (QED) is 0.898. The first-order valence-electron chi connectivity index (χ1n) is 7.45. The third-order valence-corrected chi connectivity index (χ3v) is 4.90. The fourth-order valence-electron chi connectivity index (χ4n) is 3.39. The molecule has 3 rings (SSSR count). The van der Waals surface area contributed by atoms with Gasteiger partial charge in [0.25, 0.3) is 0 Å². The molecule has 1 aromatic rings. The van der Waals surface area contributed by atoms with E-state index in [-0.39, 0.29) is 5.41 Å². The van der Waals surface area contributed by atoms with Crippen LogP contribution in [-0.2, 0) is 5.41 Å². The highest BCUT2D eigenvalue weighted by Gasteiger charge is 2.40. The van der Waals surface area contributed by atoms with E-state index in [9.17, 15) is 0 Å². The number of piperidine rings is 1. The Morgan fingerprint density at radius 1 is 1.42 bits per heavy atom. The zero-order chi connectivity index (χ0) is 13.3. The maximum absolute atomic E-state index is 5.96. The summed E-state index contributed by atoms with van der Waals surface area (Å²) in [5.74, 6) is 1.56. The zero-order valence-corrected chi connectivity index (χ0v) is 11.8. The van der Waals surface area contributed by atoms with E-state index < -0.39 is 0 Å². The van der Waals surface area contributed by atoms with Gasteiger partial charge in [0.05, 0.1) is 0 Å². The molecule has 0 bridgehead atoms. The number of likely N-dealkylation sites (N-methyl/N-ethyl adjacent to an activating group) is 1. The maximum Gasteiger partial charge on any atom is 0.135 e.